The third-order valence-electron chi connectivity index (χ3n) is 3.22. The first-order chi connectivity index (χ1) is 10.1. The highest BCUT2D eigenvalue weighted by atomic mass is 32.2. The second kappa shape index (κ2) is 7.36. The summed E-state index contributed by atoms with van der Waals surface area (Å²) in [6.45, 7) is 7.21. The average Bonchev–Trinajstić information content (AvgIpc) is 2.45. The first-order valence-corrected chi connectivity index (χ1v) is 8.12. The predicted molar refractivity (Wildman–Crippen MR) is 90.1 cm³/mol. The summed E-state index contributed by atoms with van der Waals surface area (Å²) in [6, 6.07) is 10.1. The van der Waals surface area contributed by atoms with Gasteiger partial charge in [-0.05, 0) is 48.2 Å². The standard InChI is InChI=1S/C17H22N2OS/c1-12(2)16-6-5-15(10-13(16)3)20-8-9-21-17-7-4-14(18)11-19-17/h4-7,10-12H,8-9,18H2,1-3H3. The highest BCUT2D eigenvalue weighted by Crippen LogP contribution is 2.24. The van der Waals surface area contributed by atoms with Gasteiger partial charge < -0.3 is 10.5 Å². The van der Waals surface area contributed by atoms with Crippen LogP contribution in [-0.4, -0.2) is 17.3 Å². The molecule has 2 rings (SSSR count). The normalized spacial score (nSPS) is 10.9. The number of nitrogens with two attached hydrogens (primary N) is 1. The largest absolute Gasteiger partial charge is 0.493 e. The molecule has 0 fully saturated rings. The first kappa shape index (κ1) is 15.7. The van der Waals surface area contributed by atoms with Crippen LogP contribution in [0.25, 0.3) is 0 Å². The van der Waals surface area contributed by atoms with Crippen molar-refractivity contribution in [2.45, 2.75) is 31.7 Å². The van der Waals surface area contributed by atoms with E-state index in [0.29, 0.717) is 18.2 Å². The number of benzene rings is 1. The van der Waals surface area contributed by atoms with E-state index in [1.807, 2.05) is 12.1 Å². The van der Waals surface area contributed by atoms with E-state index < -0.39 is 0 Å². The quantitative estimate of drug-likeness (QED) is 0.639. The van der Waals surface area contributed by atoms with E-state index in [4.69, 9.17) is 10.5 Å². The molecule has 4 heteroatoms. The molecule has 0 atom stereocenters. The summed E-state index contributed by atoms with van der Waals surface area (Å²) in [6.07, 6.45) is 1.68. The van der Waals surface area contributed by atoms with E-state index in [2.05, 4.69) is 44.0 Å². The number of rotatable bonds is 6. The zero-order valence-electron chi connectivity index (χ0n) is 12.8. The molecule has 0 saturated carbocycles. The molecule has 0 amide bonds. The van der Waals surface area contributed by atoms with E-state index in [9.17, 15) is 0 Å². The number of ether oxygens (including phenoxy) is 1. The summed E-state index contributed by atoms with van der Waals surface area (Å²) in [5.41, 5.74) is 8.96. The van der Waals surface area contributed by atoms with Gasteiger partial charge in [0, 0.05) is 5.75 Å². The van der Waals surface area contributed by atoms with E-state index in [0.717, 1.165) is 16.5 Å². The van der Waals surface area contributed by atoms with Crippen molar-refractivity contribution in [3.63, 3.8) is 0 Å². The molecule has 1 aromatic carbocycles. The maximum atomic E-state index is 5.79. The molecule has 21 heavy (non-hydrogen) atoms. The van der Waals surface area contributed by atoms with Gasteiger partial charge in [-0.2, -0.15) is 0 Å². The minimum Gasteiger partial charge on any atom is -0.493 e. The topological polar surface area (TPSA) is 48.1 Å². The molecule has 0 saturated heterocycles. The Morgan fingerprint density at radius 3 is 2.67 bits per heavy atom. The smallest absolute Gasteiger partial charge is 0.119 e. The minimum absolute atomic E-state index is 0.547. The van der Waals surface area contributed by atoms with Crippen LogP contribution in [0.2, 0.25) is 0 Å². The predicted octanol–water partition coefficient (Wildman–Crippen LogP) is 4.27. The first-order valence-electron chi connectivity index (χ1n) is 7.14. The monoisotopic (exact) mass is 302 g/mol. The van der Waals surface area contributed by atoms with E-state index in [-0.39, 0.29) is 0 Å². The highest BCUT2D eigenvalue weighted by molar-refractivity contribution is 7.99. The maximum absolute atomic E-state index is 5.79. The molecule has 0 unspecified atom stereocenters. The Balaban J connectivity index is 1.81. The zero-order valence-corrected chi connectivity index (χ0v) is 13.6. The van der Waals surface area contributed by atoms with Crippen molar-refractivity contribution < 1.29 is 4.74 Å². The molecule has 1 heterocycles. The molecule has 0 bridgehead atoms. The van der Waals surface area contributed by atoms with Crippen LogP contribution < -0.4 is 10.5 Å². The van der Waals surface area contributed by atoms with Crippen molar-refractivity contribution in [2.75, 3.05) is 18.1 Å². The van der Waals surface area contributed by atoms with Gasteiger partial charge in [0.05, 0.1) is 23.5 Å². The summed E-state index contributed by atoms with van der Waals surface area (Å²) >= 11 is 1.67. The van der Waals surface area contributed by atoms with Crippen molar-refractivity contribution in [2.24, 2.45) is 0 Å². The fraction of sp³-hybridized carbons (Fsp3) is 0.353. The Morgan fingerprint density at radius 1 is 1.24 bits per heavy atom. The van der Waals surface area contributed by atoms with E-state index in [1.54, 1.807) is 18.0 Å². The third kappa shape index (κ3) is 4.67. The summed E-state index contributed by atoms with van der Waals surface area (Å²) < 4.78 is 5.79. The third-order valence-corrected chi connectivity index (χ3v) is 4.13. The summed E-state index contributed by atoms with van der Waals surface area (Å²) in [5, 5.41) is 0.971. The Labute approximate surface area is 130 Å². The van der Waals surface area contributed by atoms with Crippen LogP contribution in [0, 0.1) is 6.92 Å². The number of nitrogen functional groups attached to an aromatic ring is 1. The number of hydrogen-bond acceptors (Lipinski definition) is 4. The highest BCUT2D eigenvalue weighted by Gasteiger charge is 2.04. The Bertz CT molecular complexity index is 582. The fourth-order valence-electron chi connectivity index (χ4n) is 2.17. The van der Waals surface area contributed by atoms with Crippen molar-refractivity contribution in [3.05, 3.63) is 47.7 Å². The number of pyridine rings is 1. The number of aromatic nitrogens is 1. The Kier molecular flexibility index (Phi) is 5.51. The SMILES string of the molecule is Cc1cc(OCCSc2ccc(N)cn2)ccc1C(C)C. The fourth-order valence-corrected chi connectivity index (χ4v) is 2.84. The lowest BCUT2D eigenvalue weighted by molar-refractivity contribution is 0.343. The van der Waals surface area contributed by atoms with Crippen LogP contribution in [0.3, 0.4) is 0 Å². The molecule has 2 N–H and O–H groups in total. The lowest BCUT2D eigenvalue weighted by Crippen LogP contribution is -2.01. The van der Waals surface area contributed by atoms with Crippen LogP contribution in [0.5, 0.6) is 5.75 Å². The van der Waals surface area contributed by atoms with E-state index >= 15 is 0 Å². The van der Waals surface area contributed by atoms with Crippen molar-refractivity contribution in [1.29, 1.82) is 0 Å². The number of anilines is 1. The second-order valence-corrected chi connectivity index (χ2v) is 6.41. The molecular formula is C17H22N2OS. The summed E-state index contributed by atoms with van der Waals surface area (Å²) in [7, 11) is 0. The second-order valence-electron chi connectivity index (χ2n) is 5.30. The lowest BCUT2D eigenvalue weighted by Gasteiger charge is -2.12. The van der Waals surface area contributed by atoms with Crippen LogP contribution in [0.15, 0.2) is 41.6 Å². The molecule has 0 aliphatic carbocycles. The molecule has 2 aromatic rings. The molecule has 1 aromatic heterocycles. The molecule has 0 spiro atoms. The minimum atomic E-state index is 0.547. The van der Waals surface area contributed by atoms with Gasteiger partial charge >= 0.3 is 0 Å². The van der Waals surface area contributed by atoms with Crippen molar-refractivity contribution in [3.8, 4) is 5.75 Å². The number of nitrogens with zero attached hydrogens (tertiary/aromatic N) is 1. The van der Waals surface area contributed by atoms with Gasteiger partial charge in [0.1, 0.15) is 5.75 Å². The van der Waals surface area contributed by atoms with Crippen LogP contribution in [0.1, 0.15) is 30.9 Å². The van der Waals surface area contributed by atoms with Gasteiger partial charge in [-0.25, -0.2) is 4.98 Å². The maximum Gasteiger partial charge on any atom is 0.119 e. The van der Waals surface area contributed by atoms with Gasteiger partial charge in [-0.3, -0.25) is 0 Å². The van der Waals surface area contributed by atoms with Crippen LogP contribution >= 0.6 is 11.8 Å². The lowest BCUT2D eigenvalue weighted by atomic mass is 9.98. The zero-order chi connectivity index (χ0) is 15.2. The molecule has 0 radical (unpaired) electrons. The van der Waals surface area contributed by atoms with E-state index in [1.165, 1.54) is 11.1 Å². The Morgan fingerprint density at radius 2 is 2.05 bits per heavy atom. The molecule has 112 valence electrons. The van der Waals surface area contributed by atoms with Gasteiger partial charge in [-0.15, -0.1) is 11.8 Å². The molecule has 0 aliphatic heterocycles. The number of aryl methyl sites for hydroxylation is 1. The number of hydrogen-bond donors (Lipinski definition) is 1. The molecular weight excluding hydrogens is 280 g/mol. The van der Waals surface area contributed by atoms with Gasteiger partial charge in [0.15, 0.2) is 0 Å². The van der Waals surface area contributed by atoms with Crippen LogP contribution in [0.4, 0.5) is 5.69 Å². The van der Waals surface area contributed by atoms with Crippen LogP contribution in [-0.2, 0) is 0 Å². The summed E-state index contributed by atoms with van der Waals surface area (Å²) in [4.78, 5) is 4.25. The molecule has 3 nitrogen and oxygen atoms in total. The van der Waals surface area contributed by atoms with Gasteiger partial charge in [-0.1, -0.05) is 19.9 Å². The summed E-state index contributed by atoms with van der Waals surface area (Å²) in [5.74, 6) is 2.34. The average molecular weight is 302 g/mol. The molecule has 0 aliphatic rings. The van der Waals surface area contributed by atoms with Gasteiger partial charge in [0.2, 0.25) is 0 Å². The van der Waals surface area contributed by atoms with Gasteiger partial charge in [0.25, 0.3) is 0 Å². The van der Waals surface area contributed by atoms with Crippen molar-refractivity contribution >= 4 is 17.4 Å². The number of thioether (sulfide) groups is 1. The Hall–Kier alpha value is -1.68. The van der Waals surface area contributed by atoms with Crippen molar-refractivity contribution in [1.82, 2.24) is 4.98 Å².